The van der Waals surface area contributed by atoms with Crippen LogP contribution in [0.3, 0.4) is 0 Å². The van der Waals surface area contributed by atoms with Crippen LogP contribution < -0.4 is 10.0 Å². The molecule has 0 atom stereocenters. The fourth-order valence-corrected chi connectivity index (χ4v) is 4.61. The van der Waals surface area contributed by atoms with Gasteiger partial charge in [0, 0.05) is 36.6 Å². The highest BCUT2D eigenvalue weighted by Crippen LogP contribution is 2.34. The van der Waals surface area contributed by atoms with Gasteiger partial charge in [-0.25, -0.2) is 18.1 Å². The summed E-state index contributed by atoms with van der Waals surface area (Å²) in [4.78, 5) is 4.43. The van der Waals surface area contributed by atoms with Crippen LogP contribution in [-0.2, 0) is 15.6 Å². The summed E-state index contributed by atoms with van der Waals surface area (Å²) < 4.78 is 29.2. The molecule has 0 aliphatic rings. The predicted octanol–water partition coefficient (Wildman–Crippen LogP) is 4.17. The van der Waals surface area contributed by atoms with Crippen molar-refractivity contribution in [3.63, 3.8) is 0 Å². The maximum Gasteiger partial charge on any atom is 0.240 e. The van der Waals surface area contributed by atoms with Gasteiger partial charge in [0.05, 0.1) is 10.4 Å². The van der Waals surface area contributed by atoms with E-state index in [1.807, 2.05) is 29.1 Å². The van der Waals surface area contributed by atoms with Crippen molar-refractivity contribution < 1.29 is 18.6 Å². The van der Waals surface area contributed by atoms with Crippen molar-refractivity contribution in [2.24, 2.45) is 0 Å². The van der Waals surface area contributed by atoms with Crippen LogP contribution in [0.15, 0.2) is 78.0 Å². The number of pyridine rings is 1. The van der Waals surface area contributed by atoms with Gasteiger partial charge in [-0.3, -0.25) is 4.68 Å². The van der Waals surface area contributed by atoms with E-state index in [0.717, 1.165) is 22.4 Å². The summed E-state index contributed by atoms with van der Waals surface area (Å²) in [7, 11) is -3.69. The first kappa shape index (κ1) is 25.2. The minimum Gasteiger partial charge on any atom is -0.508 e. The van der Waals surface area contributed by atoms with E-state index in [0.29, 0.717) is 12.4 Å². The van der Waals surface area contributed by atoms with Gasteiger partial charge in [-0.05, 0) is 74.9 Å². The summed E-state index contributed by atoms with van der Waals surface area (Å²) >= 11 is 0. The summed E-state index contributed by atoms with van der Waals surface area (Å²) in [6.45, 7) is 6.65. The van der Waals surface area contributed by atoms with Crippen molar-refractivity contribution >= 4 is 15.8 Å². The minimum atomic E-state index is -3.69. The molecule has 0 radical (unpaired) electrons. The number of rotatable bonds is 8. The highest BCUT2D eigenvalue weighted by molar-refractivity contribution is 7.89. The largest absolute Gasteiger partial charge is 0.508 e. The lowest BCUT2D eigenvalue weighted by atomic mass is 10.0. The Morgan fingerprint density at radius 2 is 1.67 bits per heavy atom. The highest BCUT2D eigenvalue weighted by Gasteiger charge is 2.20. The van der Waals surface area contributed by atoms with Gasteiger partial charge in [0.2, 0.25) is 10.0 Å². The molecule has 2 aromatic carbocycles. The van der Waals surface area contributed by atoms with Gasteiger partial charge in [0.1, 0.15) is 23.0 Å². The van der Waals surface area contributed by atoms with E-state index in [4.69, 9.17) is 5.10 Å². The quantitative estimate of drug-likeness (QED) is 0.263. The molecule has 0 saturated carbocycles. The van der Waals surface area contributed by atoms with Crippen LogP contribution in [0.1, 0.15) is 20.8 Å². The molecule has 2 heterocycles. The third-order valence-corrected chi connectivity index (χ3v) is 6.94. The van der Waals surface area contributed by atoms with Gasteiger partial charge in [0.25, 0.3) is 0 Å². The van der Waals surface area contributed by atoms with Gasteiger partial charge in [-0.15, -0.1) is 0 Å². The summed E-state index contributed by atoms with van der Waals surface area (Å²) in [5.41, 5.74) is 3.05. The third-order valence-electron chi connectivity index (χ3n) is 5.46. The molecule has 0 spiro atoms. The van der Waals surface area contributed by atoms with E-state index in [1.54, 1.807) is 24.4 Å². The van der Waals surface area contributed by atoms with E-state index in [2.05, 4.69) is 35.8 Å². The molecule has 0 unspecified atom stereocenters. The number of anilines is 1. The van der Waals surface area contributed by atoms with E-state index in [-0.39, 0.29) is 28.5 Å². The van der Waals surface area contributed by atoms with Gasteiger partial charge in [-0.1, -0.05) is 12.1 Å². The lowest BCUT2D eigenvalue weighted by Gasteiger charge is -2.18. The van der Waals surface area contributed by atoms with Crippen LogP contribution in [0.2, 0.25) is 0 Å². The molecule has 2 aromatic heterocycles. The molecule has 9 nitrogen and oxygen atoms in total. The van der Waals surface area contributed by atoms with Crippen LogP contribution in [0.4, 0.5) is 5.82 Å². The first-order valence-electron chi connectivity index (χ1n) is 11.4. The zero-order valence-electron chi connectivity index (χ0n) is 20.3. The van der Waals surface area contributed by atoms with Gasteiger partial charge >= 0.3 is 0 Å². The third kappa shape index (κ3) is 5.84. The number of nitrogens with one attached hydrogen (secondary N) is 2. The Bertz CT molecular complexity index is 1460. The number of hydrogen-bond donors (Lipinski definition) is 4. The van der Waals surface area contributed by atoms with Crippen molar-refractivity contribution in [3.05, 3.63) is 73.1 Å². The van der Waals surface area contributed by atoms with Crippen molar-refractivity contribution in [1.82, 2.24) is 19.5 Å². The number of aromatic nitrogens is 3. The van der Waals surface area contributed by atoms with E-state index in [1.165, 1.54) is 24.3 Å². The Morgan fingerprint density at radius 1 is 0.917 bits per heavy atom. The first-order valence-corrected chi connectivity index (χ1v) is 12.9. The molecule has 4 N–H and O–H groups in total. The Balaban J connectivity index is 1.52. The highest BCUT2D eigenvalue weighted by atomic mass is 32.2. The smallest absolute Gasteiger partial charge is 0.240 e. The molecule has 36 heavy (non-hydrogen) atoms. The summed E-state index contributed by atoms with van der Waals surface area (Å²) in [5, 5.41) is 27.3. The van der Waals surface area contributed by atoms with Crippen molar-refractivity contribution in [2.75, 3.05) is 18.4 Å². The zero-order chi connectivity index (χ0) is 25.9. The van der Waals surface area contributed by atoms with Crippen molar-refractivity contribution in [2.45, 2.75) is 31.2 Å². The van der Waals surface area contributed by atoms with Gasteiger partial charge < -0.3 is 15.5 Å². The number of nitrogens with zero attached hydrogens (tertiary/aromatic N) is 3. The molecule has 0 fully saturated rings. The molecule has 0 aliphatic carbocycles. The molecule has 4 rings (SSSR count). The van der Waals surface area contributed by atoms with Crippen molar-refractivity contribution in [1.29, 1.82) is 0 Å². The minimum absolute atomic E-state index is 0.00170. The summed E-state index contributed by atoms with van der Waals surface area (Å²) in [6, 6.07) is 16.1. The SMILES string of the molecule is CC(C)(C)n1cc(-c2ccnc(NCCNS(=O)(=O)c3ccc(O)cc3)c2)c(-c2cccc(O)c2)n1. The van der Waals surface area contributed by atoms with Gasteiger partial charge in [-0.2, -0.15) is 5.10 Å². The fourth-order valence-electron chi connectivity index (χ4n) is 3.57. The molecular formula is C26H29N5O4S. The summed E-state index contributed by atoms with van der Waals surface area (Å²) in [6.07, 6.45) is 3.66. The molecule has 0 saturated heterocycles. The molecule has 0 aliphatic heterocycles. The van der Waals surface area contributed by atoms with Crippen LogP contribution in [0.5, 0.6) is 11.5 Å². The Morgan fingerprint density at radius 3 is 2.36 bits per heavy atom. The Kier molecular flexibility index (Phi) is 7.00. The van der Waals surface area contributed by atoms with Crippen LogP contribution >= 0.6 is 0 Å². The maximum atomic E-state index is 12.4. The molecular weight excluding hydrogens is 478 g/mol. The number of phenolic OH excluding ortho intramolecular Hbond substituents is 2. The first-order chi connectivity index (χ1) is 17.0. The number of hydrogen-bond acceptors (Lipinski definition) is 7. The monoisotopic (exact) mass is 507 g/mol. The summed E-state index contributed by atoms with van der Waals surface area (Å²) in [5.74, 6) is 0.749. The molecule has 10 heteroatoms. The second kappa shape index (κ2) is 10.00. The molecule has 4 aromatic rings. The van der Waals surface area contributed by atoms with Crippen LogP contribution in [-0.4, -0.2) is 46.5 Å². The second-order valence-corrected chi connectivity index (χ2v) is 11.1. The van der Waals surface area contributed by atoms with Crippen molar-refractivity contribution in [3.8, 4) is 33.9 Å². The lowest BCUT2D eigenvalue weighted by Crippen LogP contribution is -2.29. The number of benzene rings is 2. The topological polar surface area (TPSA) is 129 Å². The number of sulfonamides is 1. The normalized spacial score (nSPS) is 12.0. The predicted molar refractivity (Wildman–Crippen MR) is 139 cm³/mol. The maximum absolute atomic E-state index is 12.4. The van der Waals surface area contributed by atoms with Crippen LogP contribution in [0, 0.1) is 0 Å². The van der Waals surface area contributed by atoms with E-state index < -0.39 is 10.0 Å². The zero-order valence-corrected chi connectivity index (χ0v) is 21.1. The number of phenols is 2. The Labute approximate surface area is 210 Å². The second-order valence-electron chi connectivity index (χ2n) is 9.31. The fraction of sp³-hybridized carbons (Fsp3) is 0.231. The van der Waals surface area contributed by atoms with E-state index >= 15 is 0 Å². The Hall–Kier alpha value is -3.89. The van der Waals surface area contributed by atoms with E-state index in [9.17, 15) is 18.6 Å². The van der Waals surface area contributed by atoms with Crippen LogP contribution in [0.25, 0.3) is 22.4 Å². The molecule has 0 bridgehead atoms. The molecule has 188 valence electrons. The average molecular weight is 508 g/mol. The lowest BCUT2D eigenvalue weighted by molar-refractivity contribution is 0.356. The van der Waals surface area contributed by atoms with Gasteiger partial charge in [0.15, 0.2) is 0 Å². The number of aromatic hydroxyl groups is 2. The standard InChI is InChI=1S/C26H29N5O4S/c1-26(2,3)31-17-23(25(30-31)19-5-4-6-21(33)15-19)18-11-12-27-24(16-18)28-13-14-29-36(34,35)22-9-7-20(32)8-10-22/h4-12,15-17,29,32-33H,13-14H2,1-3H3,(H,27,28). The molecule has 0 amide bonds. The average Bonchev–Trinajstić information content (AvgIpc) is 3.29.